The van der Waals surface area contributed by atoms with Crippen molar-refractivity contribution in [1.29, 1.82) is 0 Å². The molecule has 1 aliphatic heterocycles. The molecule has 0 aliphatic carbocycles. The van der Waals surface area contributed by atoms with Crippen LogP contribution in [0.15, 0.2) is 66.7 Å². The van der Waals surface area contributed by atoms with E-state index in [1.807, 2.05) is 18.1 Å². The first-order valence-electron chi connectivity index (χ1n) is 7.85. The van der Waals surface area contributed by atoms with Crippen LogP contribution in [-0.4, -0.2) is 30.5 Å². The van der Waals surface area contributed by atoms with Crippen LogP contribution in [0.2, 0.25) is 0 Å². The average molecular weight is 291 g/mol. The summed E-state index contributed by atoms with van der Waals surface area (Å²) in [6.07, 6.45) is 1.72. The van der Waals surface area contributed by atoms with E-state index >= 15 is 0 Å². The Morgan fingerprint density at radius 2 is 1.64 bits per heavy atom. The van der Waals surface area contributed by atoms with E-state index in [0.717, 1.165) is 19.6 Å². The van der Waals surface area contributed by atoms with Crippen LogP contribution in [0.4, 0.5) is 0 Å². The second-order valence-corrected chi connectivity index (χ2v) is 5.92. The number of carbonyl (C=O) groups excluding carboxylic acids is 1. The molecule has 2 heteroatoms. The largest absolute Gasteiger partial charge is 0.302 e. The predicted molar refractivity (Wildman–Crippen MR) is 89.5 cm³/mol. The van der Waals surface area contributed by atoms with Gasteiger partial charge in [-0.05, 0) is 17.7 Å². The highest BCUT2D eigenvalue weighted by Crippen LogP contribution is 2.45. The van der Waals surface area contributed by atoms with Crippen LogP contribution in [0, 0.1) is 5.92 Å². The molecule has 3 rings (SSSR count). The summed E-state index contributed by atoms with van der Waals surface area (Å²) in [4.78, 5) is 13.5. The van der Waals surface area contributed by atoms with E-state index in [1.54, 1.807) is 6.08 Å². The van der Waals surface area contributed by atoms with Crippen molar-refractivity contribution in [3.05, 3.63) is 77.9 Å². The van der Waals surface area contributed by atoms with E-state index in [1.165, 1.54) is 11.1 Å². The summed E-state index contributed by atoms with van der Waals surface area (Å²) in [5.41, 5.74) is 2.37. The van der Waals surface area contributed by atoms with E-state index in [4.69, 9.17) is 0 Å². The normalized spacial score (nSPS) is 20.5. The molecular formula is C20H21NO. The van der Waals surface area contributed by atoms with Crippen molar-refractivity contribution in [2.45, 2.75) is 12.3 Å². The molecule has 1 atom stereocenters. The van der Waals surface area contributed by atoms with Gasteiger partial charge in [0.25, 0.3) is 0 Å². The van der Waals surface area contributed by atoms with Crippen LogP contribution < -0.4 is 0 Å². The van der Waals surface area contributed by atoms with Crippen LogP contribution in [0.5, 0.6) is 0 Å². The first-order chi connectivity index (χ1) is 10.8. The molecule has 0 spiro atoms. The minimum absolute atomic E-state index is 0.148. The summed E-state index contributed by atoms with van der Waals surface area (Å²) in [5.74, 6) is 2.19. The van der Waals surface area contributed by atoms with Gasteiger partial charge in [-0.2, -0.15) is 0 Å². The fourth-order valence-electron chi connectivity index (χ4n) is 3.74. The molecule has 0 radical (unpaired) electrons. The van der Waals surface area contributed by atoms with Gasteiger partial charge in [0.15, 0.2) is 0 Å². The molecule has 0 saturated carbocycles. The van der Waals surface area contributed by atoms with Crippen molar-refractivity contribution in [1.82, 2.24) is 4.90 Å². The van der Waals surface area contributed by atoms with Crippen LogP contribution >= 0.6 is 0 Å². The molecule has 0 aromatic heterocycles. The second-order valence-electron chi connectivity index (χ2n) is 5.92. The predicted octanol–water partition coefficient (Wildman–Crippen LogP) is 3.31. The van der Waals surface area contributed by atoms with Gasteiger partial charge in [0.1, 0.15) is 5.94 Å². The lowest BCUT2D eigenvalue weighted by Crippen LogP contribution is -2.36. The van der Waals surface area contributed by atoms with Gasteiger partial charge in [-0.1, -0.05) is 67.6 Å². The van der Waals surface area contributed by atoms with Crippen molar-refractivity contribution in [2.75, 3.05) is 19.6 Å². The van der Waals surface area contributed by atoms with E-state index in [9.17, 15) is 4.79 Å². The first-order valence-corrected chi connectivity index (χ1v) is 7.85. The molecule has 1 aliphatic rings. The molecule has 2 nitrogen and oxygen atoms in total. The minimum Gasteiger partial charge on any atom is -0.302 e. The highest BCUT2D eigenvalue weighted by atomic mass is 16.1. The van der Waals surface area contributed by atoms with Crippen LogP contribution in [0.3, 0.4) is 0 Å². The van der Waals surface area contributed by atoms with Gasteiger partial charge in [-0.3, -0.25) is 0 Å². The minimum atomic E-state index is -0.171. The van der Waals surface area contributed by atoms with E-state index in [0.29, 0.717) is 0 Å². The molecule has 0 N–H and O–H groups in total. The van der Waals surface area contributed by atoms with Crippen LogP contribution in [0.25, 0.3) is 0 Å². The van der Waals surface area contributed by atoms with Gasteiger partial charge in [0, 0.05) is 30.5 Å². The molecular weight excluding hydrogens is 270 g/mol. The average Bonchev–Trinajstić information content (AvgIpc) is 2.97. The summed E-state index contributed by atoms with van der Waals surface area (Å²) >= 11 is 0. The lowest BCUT2D eigenvalue weighted by atomic mass is 9.68. The van der Waals surface area contributed by atoms with Gasteiger partial charge >= 0.3 is 0 Å². The van der Waals surface area contributed by atoms with Gasteiger partial charge in [-0.15, -0.1) is 0 Å². The summed E-state index contributed by atoms with van der Waals surface area (Å²) < 4.78 is 0. The SMILES string of the molecule is CCN1CC(C=C=O)C(c2ccccc2)(c2ccccc2)C1. The lowest BCUT2D eigenvalue weighted by molar-refractivity contribution is 0.339. The molecule has 1 saturated heterocycles. The standard InChI is InChI=1S/C20H21NO/c1-2-21-15-19(13-14-22)20(16-21,17-9-5-3-6-10-17)18-11-7-4-8-12-18/h3-13,19H,2,15-16H2,1H3. The number of nitrogens with zero attached hydrogens (tertiary/aromatic N) is 1. The summed E-state index contributed by atoms with van der Waals surface area (Å²) in [6.45, 7) is 4.99. The number of hydrogen-bond acceptors (Lipinski definition) is 2. The topological polar surface area (TPSA) is 20.3 Å². The number of likely N-dealkylation sites (tertiary alicyclic amines) is 1. The monoisotopic (exact) mass is 291 g/mol. The Morgan fingerprint density at radius 3 is 2.09 bits per heavy atom. The molecule has 2 aromatic rings. The number of hydrogen-bond donors (Lipinski definition) is 0. The molecule has 22 heavy (non-hydrogen) atoms. The summed E-state index contributed by atoms with van der Waals surface area (Å²) in [6, 6.07) is 21.1. The van der Waals surface area contributed by atoms with Crippen molar-refractivity contribution in [3.63, 3.8) is 0 Å². The first kappa shape index (κ1) is 14.8. The van der Waals surface area contributed by atoms with E-state index < -0.39 is 0 Å². The molecule has 1 fully saturated rings. The summed E-state index contributed by atoms with van der Waals surface area (Å²) in [7, 11) is 0. The highest BCUT2D eigenvalue weighted by Gasteiger charge is 2.47. The Morgan fingerprint density at radius 1 is 1.09 bits per heavy atom. The Balaban J connectivity index is 2.21. The fourth-order valence-corrected chi connectivity index (χ4v) is 3.74. The third-order valence-corrected chi connectivity index (χ3v) is 4.86. The zero-order valence-corrected chi connectivity index (χ0v) is 12.9. The smallest absolute Gasteiger partial charge is 0.120 e. The summed E-state index contributed by atoms with van der Waals surface area (Å²) in [5, 5.41) is 0. The quantitative estimate of drug-likeness (QED) is 0.806. The van der Waals surface area contributed by atoms with Gasteiger partial charge in [0.05, 0.1) is 0 Å². The van der Waals surface area contributed by atoms with Crippen molar-refractivity contribution in [2.24, 2.45) is 5.92 Å². The van der Waals surface area contributed by atoms with Gasteiger partial charge in [0.2, 0.25) is 0 Å². The Kier molecular flexibility index (Phi) is 4.24. The second kappa shape index (κ2) is 6.31. The zero-order valence-electron chi connectivity index (χ0n) is 12.9. The maximum absolute atomic E-state index is 11.1. The van der Waals surface area contributed by atoms with E-state index in [-0.39, 0.29) is 11.3 Å². The van der Waals surface area contributed by atoms with Gasteiger partial charge < -0.3 is 4.90 Å². The number of benzene rings is 2. The van der Waals surface area contributed by atoms with Crippen molar-refractivity contribution in [3.8, 4) is 0 Å². The third-order valence-electron chi connectivity index (χ3n) is 4.86. The maximum Gasteiger partial charge on any atom is 0.120 e. The number of rotatable bonds is 4. The molecule has 1 unspecified atom stereocenters. The van der Waals surface area contributed by atoms with E-state index in [2.05, 4.69) is 60.4 Å². The Bertz CT molecular complexity index is 619. The lowest BCUT2D eigenvalue weighted by Gasteiger charge is -2.34. The third kappa shape index (κ3) is 2.41. The Hall–Kier alpha value is -2.15. The fraction of sp³-hybridized carbons (Fsp3) is 0.300. The van der Waals surface area contributed by atoms with Gasteiger partial charge in [-0.25, -0.2) is 4.79 Å². The molecule has 1 heterocycles. The highest BCUT2D eigenvalue weighted by molar-refractivity contribution is 5.51. The van der Waals surface area contributed by atoms with Crippen LogP contribution in [-0.2, 0) is 10.2 Å². The van der Waals surface area contributed by atoms with Crippen molar-refractivity contribution >= 4 is 5.94 Å². The van der Waals surface area contributed by atoms with Crippen molar-refractivity contribution < 1.29 is 4.79 Å². The number of likely N-dealkylation sites (N-methyl/N-ethyl adjacent to an activating group) is 1. The molecule has 0 amide bonds. The molecule has 2 aromatic carbocycles. The molecule has 0 bridgehead atoms. The molecule has 112 valence electrons. The maximum atomic E-state index is 11.1. The van der Waals surface area contributed by atoms with Crippen LogP contribution in [0.1, 0.15) is 18.1 Å². The zero-order chi connectivity index (χ0) is 15.4. The Labute approximate surface area is 132 Å².